The molecule has 0 atom stereocenters. The Kier molecular flexibility index (Phi) is 3.73. The van der Waals surface area contributed by atoms with E-state index in [0.717, 1.165) is 17.9 Å². The first-order chi connectivity index (χ1) is 8.61. The van der Waals surface area contributed by atoms with Gasteiger partial charge in [-0.25, -0.2) is 10.0 Å². The summed E-state index contributed by atoms with van der Waals surface area (Å²) in [4.78, 5) is 31.0. The Labute approximate surface area is 107 Å². The molecule has 1 fully saturated rings. The molecule has 1 aliphatic heterocycles. The van der Waals surface area contributed by atoms with Gasteiger partial charge in [0.15, 0.2) is 0 Å². The zero-order valence-electron chi connectivity index (χ0n) is 9.34. The van der Waals surface area contributed by atoms with Crippen LogP contribution in [0.2, 0.25) is 5.15 Å². The molecule has 0 spiro atoms. The van der Waals surface area contributed by atoms with Gasteiger partial charge in [-0.2, -0.15) is 0 Å². The van der Waals surface area contributed by atoms with E-state index in [4.69, 9.17) is 16.4 Å². The molecule has 0 aromatic carbocycles. The van der Waals surface area contributed by atoms with Crippen molar-refractivity contribution in [2.75, 3.05) is 13.2 Å². The molecule has 0 unspecified atom stereocenters. The maximum Gasteiger partial charge on any atom is 0.319 e. The zero-order valence-corrected chi connectivity index (χ0v) is 10.1. The van der Waals surface area contributed by atoms with Crippen molar-refractivity contribution in [2.24, 2.45) is 0 Å². The van der Waals surface area contributed by atoms with E-state index >= 15 is 0 Å². The number of carbonyl (C=O) groups excluding carboxylic acids is 1. The topological polar surface area (TPSA) is 85.6 Å². The first-order valence-corrected chi connectivity index (χ1v) is 5.72. The number of amides is 1. The Morgan fingerprint density at radius 1 is 1.56 bits per heavy atom. The molecule has 18 heavy (non-hydrogen) atoms. The summed E-state index contributed by atoms with van der Waals surface area (Å²) in [5.74, 6) is -0.564. The minimum Gasteiger partial charge on any atom is -0.271 e. The van der Waals surface area contributed by atoms with Gasteiger partial charge in [0.1, 0.15) is 5.56 Å². The lowest BCUT2D eigenvalue weighted by molar-refractivity contribution is -0.385. The summed E-state index contributed by atoms with van der Waals surface area (Å²) in [5.41, 5.74) is -0.597. The van der Waals surface area contributed by atoms with Gasteiger partial charge in [0.25, 0.3) is 5.91 Å². The van der Waals surface area contributed by atoms with E-state index in [1.54, 1.807) is 0 Å². The van der Waals surface area contributed by atoms with Crippen LogP contribution in [0.25, 0.3) is 0 Å². The van der Waals surface area contributed by atoms with Gasteiger partial charge in [-0.05, 0) is 18.9 Å². The Hall–Kier alpha value is -1.73. The number of pyridine rings is 1. The molecule has 1 amide bonds. The van der Waals surface area contributed by atoms with Gasteiger partial charge < -0.3 is 0 Å². The number of hydrogen-bond acceptors (Lipinski definition) is 5. The number of nitro groups is 1. The summed E-state index contributed by atoms with van der Waals surface area (Å²) in [6.07, 6.45) is 2.92. The van der Waals surface area contributed by atoms with E-state index in [9.17, 15) is 14.9 Å². The van der Waals surface area contributed by atoms with Crippen LogP contribution in [0.5, 0.6) is 0 Å². The van der Waals surface area contributed by atoms with Crippen molar-refractivity contribution >= 4 is 23.2 Å². The maximum absolute atomic E-state index is 12.1. The number of nitrogens with zero attached hydrogens (tertiary/aromatic N) is 3. The van der Waals surface area contributed by atoms with Crippen molar-refractivity contribution in [1.29, 1.82) is 0 Å². The summed E-state index contributed by atoms with van der Waals surface area (Å²) >= 11 is 5.64. The van der Waals surface area contributed by atoms with Gasteiger partial charge in [-0.1, -0.05) is 11.6 Å². The number of halogens is 1. The summed E-state index contributed by atoms with van der Waals surface area (Å²) in [6, 6.07) is 1.27. The van der Waals surface area contributed by atoms with Crippen LogP contribution in [0.3, 0.4) is 0 Å². The van der Waals surface area contributed by atoms with Gasteiger partial charge in [-0.3, -0.25) is 19.7 Å². The largest absolute Gasteiger partial charge is 0.319 e. The highest BCUT2D eigenvalue weighted by Crippen LogP contribution is 2.27. The molecule has 1 saturated heterocycles. The van der Waals surface area contributed by atoms with Crippen molar-refractivity contribution in [1.82, 2.24) is 10.0 Å². The molecule has 0 saturated carbocycles. The lowest BCUT2D eigenvalue weighted by Crippen LogP contribution is -2.36. The summed E-state index contributed by atoms with van der Waals surface area (Å²) in [5, 5.41) is 11.7. The molecule has 1 aliphatic rings. The lowest BCUT2D eigenvalue weighted by atomic mass is 10.2. The highest BCUT2D eigenvalue weighted by atomic mass is 35.5. The second kappa shape index (κ2) is 5.28. The summed E-state index contributed by atoms with van der Waals surface area (Å²) < 4.78 is 0. The smallest absolute Gasteiger partial charge is 0.271 e. The second-order valence-electron chi connectivity index (χ2n) is 3.70. The SMILES string of the molecule is O=C(c1ccnc(Cl)c1[N+](=O)[O-])N1CCCCO1. The maximum atomic E-state index is 12.1. The van der Waals surface area contributed by atoms with Gasteiger partial charge in [0.2, 0.25) is 5.15 Å². The monoisotopic (exact) mass is 271 g/mol. The molecule has 96 valence electrons. The Morgan fingerprint density at radius 2 is 2.33 bits per heavy atom. The van der Waals surface area contributed by atoms with Crippen LogP contribution >= 0.6 is 11.6 Å². The molecule has 0 bridgehead atoms. The molecule has 2 heterocycles. The zero-order chi connectivity index (χ0) is 13.1. The first kappa shape index (κ1) is 12.7. The van der Waals surface area contributed by atoms with E-state index in [2.05, 4.69) is 4.98 Å². The average molecular weight is 272 g/mol. The van der Waals surface area contributed by atoms with Crippen molar-refractivity contribution in [3.8, 4) is 0 Å². The van der Waals surface area contributed by atoms with Crippen molar-refractivity contribution in [3.63, 3.8) is 0 Å². The molecule has 2 rings (SSSR count). The number of hydroxylamine groups is 2. The molecule has 0 aliphatic carbocycles. The molecule has 7 nitrogen and oxygen atoms in total. The van der Waals surface area contributed by atoms with Crippen LogP contribution in [-0.4, -0.2) is 34.0 Å². The average Bonchev–Trinajstić information content (AvgIpc) is 2.38. The molecule has 0 N–H and O–H groups in total. The van der Waals surface area contributed by atoms with Crippen LogP contribution in [0.15, 0.2) is 12.3 Å². The Morgan fingerprint density at radius 3 is 2.94 bits per heavy atom. The number of hydrogen-bond donors (Lipinski definition) is 0. The fraction of sp³-hybridized carbons (Fsp3) is 0.400. The summed E-state index contributed by atoms with van der Waals surface area (Å²) in [6.45, 7) is 0.842. The molecule has 0 radical (unpaired) electrons. The quantitative estimate of drug-likeness (QED) is 0.465. The Bertz CT molecular complexity index is 488. The third-order valence-electron chi connectivity index (χ3n) is 2.52. The van der Waals surface area contributed by atoms with E-state index in [1.807, 2.05) is 0 Å². The normalized spacial score (nSPS) is 15.5. The lowest BCUT2D eigenvalue weighted by Gasteiger charge is -2.25. The predicted molar refractivity (Wildman–Crippen MR) is 62.1 cm³/mol. The van der Waals surface area contributed by atoms with Crippen molar-refractivity contribution in [2.45, 2.75) is 12.8 Å². The molecule has 1 aromatic heterocycles. The minimum atomic E-state index is -0.716. The minimum absolute atomic E-state index is 0.109. The van der Waals surface area contributed by atoms with Crippen LogP contribution in [-0.2, 0) is 4.84 Å². The van der Waals surface area contributed by atoms with E-state index in [-0.39, 0.29) is 10.7 Å². The van der Waals surface area contributed by atoms with E-state index in [1.165, 1.54) is 12.3 Å². The molecular weight excluding hydrogens is 262 g/mol. The van der Waals surface area contributed by atoms with Gasteiger partial charge in [0.05, 0.1) is 11.5 Å². The molecular formula is C10H10ClN3O4. The first-order valence-electron chi connectivity index (χ1n) is 5.35. The number of aromatic nitrogens is 1. The van der Waals surface area contributed by atoms with Gasteiger partial charge in [0, 0.05) is 12.7 Å². The molecule has 8 heteroatoms. The van der Waals surface area contributed by atoms with Crippen LogP contribution in [0.4, 0.5) is 5.69 Å². The summed E-state index contributed by atoms with van der Waals surface area (Å²) in [7, 11) is 0. The third kappa shape index (κ3) is 2.41. The van der Waals surface area contributed by atoms with Crippen molar-refractivity contribution < 1.29 is 14.6 Å². The highest BCUT2D eigenvalue weighted by Gasteiger charge is 2.29. The third-order valence-corrected chi connectivity index (χ3v) is 2.80. The van der Waals surface area contributed by atoms with Crippen LogP contribution in [0.1, 0.15) is 23.2 Å². The standard InChI is InChI=1S/C10H10ClN3O4/c11-9-8(14(16)17)7(3-4-12-9)10(15)13-5-1-2-6-18-13/h3-4H,1-2,5-6H2. The van der Waals surface area contributed by atoms with Gasteiger partial charge in [-0.15, -0.1) is 0 Å². The van der Waals surface area contributed by atoms with E-state index < -0.39 is 16.5 Å². The van der Waals surface area contributed by atoms with Crippen molar-refractivity contribution in [3.05, 3.63) is 33.1 Å². The van der Waals surface area contributed by atoms with E-state index in [0.29, 0.717) is 13.2 Å². The van der Waals surface area contributed by atoms with Crippen LogP contribution in [0, 0.1) is 10.1 Å². The van der Waals surface area contributed by atoms with Gasteiger partial charge >= 0.3 is 5.69 Å². The molecule has 1 aromatic rings. The van der Waals surface area contributed by atoms with Crippen LogP contribution < -0.4 is 0 Å². The fourth-order valence-electron chi connectivity index (χ4n) is 1.67. The predicted octanol–water partition coefficient (Wildman–Crippen LogP) is 1.81. The second-order valence-corrected chi connectivity index (χ2v) is 4.06. The Balaban J connectivity index is 2.35. The highest BCUT2D eigenvalue weighted by molar-refractivity contribution is 6.32. The number of rotatable bonds is 2. The number of carbonyl (C=O) groups is 1. The fourth-order valence-corrected chi connectivity index (χ4v) is 1.89.